The highest BCUT2D eigenvalue weighted by Crippen LogP contribution is 2.37. The second-order valence-electron chi connectivity index (χ2n) is 8.38. The fraction of sp³-hybridized carbons (Fsp3) is 0.320. The van der Waals surface area contributed by atoms with Gasteiger partial charge in [-0.3, -0.25) is 0 Å². The smallest absolute Gasteiger partial charge is 0.225 e. The quantitative estimate of drug-likeness (QED) is 0.506. The fourth-order valence-corrected chi connectivity index (χ4v) is 4.89. The van der Waals surface area contributed by atoms with Gasteiger partial charge in [0.2, 0.25) is 5.95 Å². The van der Waals surface area contributed by atoms with Crippen molar-refractivity contribution in [2.45, 2.75) is 25.8 Å². The lowest BCUT2D eigenvalue weighted by Crippen LogP contribution is -2.37. The number of rotatable bonds is 3. The number of ether oxygens (including phenoxy) is 1. The van der Waals surface area contributed by atoms with Crippen molar-refractivity contribution < 1.29 is 4.74 Å². The van der Waals surface area contributed by atoms with E-state index >= 15 is 0 Å². The first-order valence-corrected chi connectivity index (χ1v) is 11.0. The van der Waals surface area contributed by atoms with Crippen LogP contribution >= 0.6 is 0 Å². The minimum absolute atomic E-state index is 0.344. The molecule has 4 aromatic rings. The standard InChI is InChI=1S/C25H25N5O/c1-17-4-2-3-5-20(17)22-8-9-24-28-21-7-6-18(14-23(21)30(22)24)19-15-26-25(27-16-19)29-10-12-31-13-11-29/h2-7,14-16,22H,8-13H2,1H3. The second kappa shape index (κ2) is 7.46. The summed E-state index contributed by atoms with van der Waals surface area (Å²) < 4.78 is 7.86. The Bertz CT molecular complexity index is 1240. The molecule has 6 heteroatoms. The highest BCUT2D eigenvalue weighted by atomic mass is 16.5. The summed E-state index contributed by atoms with van der Waals surface area (Å²) in [5.74, 6) is 1.96. The van der Waals surface area contributed by atoms with Crippen LogP contribution in [0, 0.1) is 6.92 Å². The normalized spacial score (nSPS) is 18.5. The van der Waals surface area contributed by atoms with Gasteiger partial charge in [-0.15, -0.1) is 0 Å². The summed E-state index contributed by atoms with van der Waals surface area (Å²) in [5, 5.41) is 0. The predicted molar refractivity (Wildman–Crippen MR) is 121 cm³/mol. The van der Waals surface area contributed by atoms with E-state index in [1.807, 2.05) is 12.4 Å². The lowest BCUT2D eigenvalue weighted by atomic mass is 9.99. The molecule has 2 aliphatic heterocycles. The zero-order valence-corrected chi connectivity index (χ0v) is 17.7. The molecule has 6 nitrogen and oxygen atoms in total. The monoisotopic (exact) mass is 411 g/mol. The number of imidazole rings is 1. The second-order valence-corrected chi connectivity index (χ2v) is 8.38. The van der Waals surface area contributed by atoms with Crippen molar-refractivity contribution in [3.63, 3.8) is 0 Å². The van der Waals surface area contributed by atoms with Gasteiger partial charge in [0.05, 0.1) is 30.3 Å². The van der Waals surface area contributed by atoms with Crippen LogP contribution in [0.1, 0.15) is 29.4 Å². The topological polar surface area (TPSA) is 56.1 Å². The molecule has 4 heterocycles. The van der Waals surface area contributed by atoms with Gasteiger partial charge in [-0.25, -0.2) is 15.0 Å². The molecule has 0 aliphatic carbocycles. The molecule has 2 aromatic carbocycles. The Morgan fingerprint density at radius 2 is 1.77 bits per heavy atom. The average molecular weight is 412 g/mol. The van der Waals surface area contributed by atoms with Crippen LogP contribution in [-0.4, -0.2) is 45.8 Å². The first-order valence-electron chi connectivity index (χ1n) is 11.0. The summed E-state index contributed by atoms with van der Waals surface area (Å²) in [6.07, 6.45) is 5.98. The summed E-state index contributed by atoms with van der Waals surface area (Å²) in [5.41, 5.74) is 7.13. The third kappa shape index (κ3) is 3.18. The molecule has 0 bridgehead atoms. The minimum Gasteiger partial charge on any atom is -0.378 e. The summed E-state index contributed by atoms with van der Waals surface area (Å²) in [6, 6.07) is 15.5. The number of hydrogen-bond donors (Lipinski definition) is 0. The Morgan fingerprint density at radius 3 is 2.58 bits per heavy atom. The number of hydrogen-bond acceptors (Lipinski definition) is 5. The van der Waals surface area contributed by atoms with Crippen LogP contribution in [0.4, 0.5) is 5.95 Å². The minimum atomic E-state index is 0.344. The lowest BCUT2D eigenvalue weighted by molar-refractivity contribution is 0.122. The SMILES string of the molecule is Cc1ccccc1C1CCc2nc3ccc(-c4cnc(N5CCOCC5)nc4)cc3n21. The number of benzene rings is 2. The van der Waals surface area contributed by atoms with Crippen LogP contribution < -0.4 is 4.90 Å². The third-order valence-corrected chi connectivity index (χ3v) is 6.53. The zero-order chi connectivity index (χ0) is 20.8. The van der Waals surface area contributed by atoms with Crippen molar-refractivity contribution in [3.05, 3.63) is 71.8 Å². The summed E-state index contributed by atoms with van der Waals surface area (Å²) in [6.45, 7) is 5.35. The number of nitrogens with zero attached hydrogens (tertiary/aromatic N) is 5. The largest absolute Gasteiger partial charge is 0.378 e. The molecule has 6 rings (SSSR count). The number of anilines is 1. The van der Waals surface area contributed by atoms with Crippen molar-refractivity contribution >= 4 is 17.0 Å². The van der Waals surface area contributed by atoms with Gasteiger partial charge >= 0.3 is 0 Å². The molecule has 0 amide bonds. The fourth-order valence-electron chi connectivity index (χ4n) is 4.89. The van der Waals surface area contributed by atoms with Crippen molar-refractivity contribution in [1.82, 2.24) is 19.5 Å². The average Bonchev–Trinajstić information content (AvgIpc) is 3.39. The van der Waals surface area contributed by atoms with Gasteiger partial charge in [-0.05, 0) is 42.2 Å². The van der Waals surface area contributed by atoms with Gasteiger partial charge in [0.25, 0.3) is 0 Å². The molecule has 0 saturated carbocycles. The Balaban J connectivity index is 1.37. The van der Waals surface area contributed by atoms with Gasteiger partial charge in [-0.2, -0.15) is 0 Å². The first-order chi connectivity index (χ1) is 15.3. The molecule has 1 fully saturated rings. The molecule has 0 radical (unpaired) electrons. The van der Waals surface area contributed by atoms with Crippen molar-refractivity contribution in [2.24, 2.45) is 0 Å². The van der Waals surface area contributed by atoms with Crippen LogP contribution in [0.25, 0.3) is 22.2 Å². The molecule has 2 aliphatic rings. The molecule has 2 aromatic heterocycles. The van der Waals surface area contributed by atoms with Gasteiger partial charge in [0.1, 0.15) is 5.82 Å². The Hall–Kier alpha value is -3.25. The molecule has 1 atom stereocenters. The van der Waals surface area contributed by atoms with E-state index in [0.29, 0.717) is 6.04 Å². The van der Waals surface area contributed by atoms with E-state index < -0.39 is 0 Å². The Labute approximate surface area is 181 Å². The van der Waals surface area contributed by atoms with E-state index in [1.54, 1.807) is 0 Å². The zero-order valence-electron chi connectivity index (χ0n) is 17.7. The maximum Gasteiger partial charge on any atom is 0.225 e. The van der Waals surface area contributed by atoms with E-state index in [9.17, 15) is 0 Å². The number of morpholine rings is 1. The third-order valence-electron chi connectivity index (χ3n) is 6.53. The highest BCUT2D eigenvalue weighted by Gasteiger charge is 2.28. The number of aryl methyl sites for hydroxylation is 2. The molecule has 156 valence electrons. The molecular formula is C25H25N5O. The molecule has 1 unspecified atom stereocenters. The van der Waals surface area contributed by atoms with E-state index in [0.717, 1.165) is 61.7 Å². The van der Waals surface area contributed by atoms with Crippen molar-refractivity contribution in [3.8, 4) is 11.1 Å². The van der Waals surface area contributed by atoms with Crippen molar-refractivity contribution in [2.75, 3.05) is 31.2 Å². The Kier molecular flexibility index (Phi) is 4.46. The molecule has 1 saturated heterocycles. The van der Waals surface area contributed by atoms with Crippen LogP contribution in [-0.2, 0) is 11.2 Å². The molecular weight excluding hydrogens is 386 g/mol. The van der Waals surface area contributed by atoms with Crippen LogP contribution in [0.5, 0.6) is 0 Å². The predicted octanol–water partition coefficient (Wildman–Crippen LogP) is 4.17. The van der Waals surface area contributed by atoms with Crippen LogP contribution in [0.3, 0.4) is 0 Å². The lowest BCUT2D eigenvalue weighted by Gasteiger charge is -2.26. The molecule has 31 heavy (non-hydrogen) atoms. The summed E-state index contributed by atoms with van der Waals surface area (Å²) in [7, 11) is 0. The van der Waals surface area contributed by atoms with Crippen LogP contribution in [0.15, 0.2) is 54.9 Å². The number of fused-ring (bicyclic) bond motifs is 3. The van der Waals surface area contributed by atoms with Gasteiger partial charge in [0, 0.05) is 37.5 Å². The van der Waals surface area contributed by atoms with E-state index in [2.05, 4.69) is 68.8 Å². The summed E-state index contributed by atoms with van der Waals surface area (Å²) >= 11 is 0. The van der Waals surface area contributed by atoms with Gasteiger partial charge < -0.3 is 14.2 Å². The van der Waals surface area contributed by atoms with Crippen molar-refractivity contribution in [1.29, 1.82) is 0 Å². The Morgan fingerprint density at radius 1 is 0.968 bits per heavy atom. The highest BCUT2D eigenvalue weighted by molar-refractivity contribution is 5.83. The number of aromatic nitrogens is 4. The molecule has 0 spiro atoms. The van der Waals surface area contributed by atoms with Crippen LogP contribution in [0.2, 0.25) is 0 Å². The maximum absolute atomic E-state index is 5.43. The van der Waals surface area contributed by atoms with Gasteiger partial charge in [-0.1, -0.05) is 30.3 Å². The maximum atomic E-state index is 5.43. The van der Waals surface area contributed by atoms with E-state index in [1.165, 1.54) is 22.5 Å². The van der Waals surface area contributed by atoms with Gasteiger partial charge in [0.15, 0.2) is 0 Å². The van der Waals surface area contributed by atoms with E-state index in [4.69, 9.17) is 9.72 Å². The first kappa shape index (κ1) is 18.5. The molecule has 0 N–H and O–H groups in total. The summed E-state index contributed by atoms with van der Waals surface area (Å²) in [4.78, 5) is 16.4. The van der Waals surface area contributed by atoms with E-state index in [-0.39, 0.29) is 0 Å².